The molecule has 0 N–H and O–H groups in total. The van der Waals surface area contributed by atoms with Crippen LogP contribution in [0, 0.1) is 0 Å². The lowest BCUT2D eigenvalue weighted by molar-refractivity contribution is 0.0827. The lowest BCUT2D eigenvalue weighted by Gasteiger charge is -2.10. The van der Waals surface area contributed by atoms with E-state index in [0.29, 0.717) is 5.56 Å². The zero-order chi connectivity index (χ0) is 11.4. The topological polar surface area (TPSA) is 20.3 Å². The highest BCUT2D eigenvalue weighted by atomic mass is 79.9. The van der Waals surface area contributed by atoms with Crippen molar-refractivity contribution < 1.29 is 4.79 Å². The monoisotopic (exact) mass is 267 g/mol. The molecule has 15 heavy (non-hydrogen) atoms. The standard InChI is InChI=1S/C12H14BrNO/c1-9(8-13)10-4-6-11(7-5-10)12(15)14(2)3/h4-8H,1-3H3/b9-8+. The minimum absolute atomic E-state index is 0.0297. The molecule has 1 aromatic carbocycles. The first-order valence-electron chi connectivity index (χ1n) is 4.65. The molecular weight excluding hydrogens is 254 g/mol. The number of allylic oxidation sites excluding steroid dienone is 1. The Bertz CT molecular complexity index is 379. The highest BCUT2D eigenvalue weighted by Gasteiger charge is 2.07. The van der Waals surface area contributed by atoms with Crippen molar-refractivity contribution in [2.24, 2.45) is 0 Å². The SMILES string of the molecule is C/C(=C\Br)c1ccc(C(=O)N(C)C)cc1. The van der Waals surface area contributed by atoms with E-state index < -0.39 is 0 Å². The van der Waals surface area contributed by atoms with Crippen LogP contribution in [-0.2, 0) is 0 Å². The molecule has 0 aliphatic rings. The molecule has 0 heterocycles. The number of carbonyl (C=O) groups excluding carboxylic acids is 1. The number of halogens is 1. The predicted molar refractivity (Wildman–Crippen MR) is 67.0 cm³/mol. The zero-order valence-electron chi connectivity index (χ0n) is 9.12. The maximum Gasteiger partial charge on any atom is 0.253 e. The highest BCUT2D eigenvalue weighted by Crippen LogP contribution is 2.16. The molecule has 0 aromatic heterocycles. The van der Waals surface area contributed by atoms with Crippen molar-refractivity contribution in [3.05, 3.63) is 40.4 Å². The molecular formula is C12H14BrNO. The van der Waals surface area contributed by atoms with Crippen molar-refractivity contribution in [1.29, 1.82) is 0 Å². The van der Waals surface area contributed by atoms with Gasteiger partial charge in [-0.1, -0.05) is 28.1 Å². The summed E-state index contributed by atoms with van der Waals surface area (Å²) < 4.78 is 0. The molecule has 0 radical (unpaired) electrons. The molecule has 80 valence electrons. The van der Waals surface area contributed by atoms with E-state index in [-0.39, 0.29) is 5.91 Å². The zero-order valence-corrected chi connectivity index (χ0v) is 10.7. The molecule has 0 bridgehead atoms. The van der Waals surface area contributed by atoms with Crippen molar-refractivity contribution in [1.82, 2.24) is 4.90 Å². The Kier molecular flexibility index (Phi) is 4.09. The maximum atomic E-state index is 11.6. The Morgan fingerprint density at radius 3 is 2.07 bits per heavy atom. The summed E-state index contributed by atoms with van der Waals surface area (Å²) in [4.78, 5) is 15.0. The first-order chi connectivity index (χ1) is 7.06. The van der Waals surface area contributed by atoms with Crippen molar-refractivity contribution in [3.8, 4) is 0 Å². The maximum absolute atomic E-state index is 11.6. The summed E-state index contributed by atoms with van der Waals surface area (Å²) in [5.41, 5.74) is 2.96. The van der Waals surface area contributed by atoms with Crippen LogP contribution >= 0.6 is 15.9 Å². The van der Waals surface area contributed by atoms with Crippen LogP contribution in [0.1, 0.15) is 22.8 Å². The van der Waals surface area contributed by atoms with Gasteiger partial charge < -0.3 is 4.90 Å². The van der Waals surface area contributed by atoms with E-state index in [2.05, 4.69) is 15.9 Å². The van der Waals surface area contributed by atoms with Crippen LogP contribution in [0.3, 0.4) is 0 Å². The summed E-state index contributed by atoms with van der Waals surface area (Å²) in [6.45, 7) is 2.01. The Morgan fingerprint density at radius 1 is 1.20 bits per heavy atom. The van der Waals surface area contributed by atoms with Crippen LogP contribution in [0.15, 0.2) is 29.3 Å². The summed E-state index contributed by atoms with van der Waals surface area (Å²) in [7, 11) is 3.50. The molecule has 1 amide bonds. The van der Waals surface area contributed by atoms with Gasteiger partial charge in [0.2, 0.25) is 0 Å². The second kappa shape index (κ2) is 5.12. The third-order valence-corrected chi connectivity index (χ3v) is 2.84. The van der Waals surface area contributed by atoms with E-state index in [4.69, 9.17) is 0 Å². The van der Waals surface area contributed by atoms with Gasteiger partial charge in [-0.25, -0.2) is 0 Å². The molecule has 1 aromatic rings. The van der Waals surface area contributed by atoms with Crippen LogP contribution in [0.25, 0.3) is 5.57 Å². The number of rotatable bonds is 2. The Hall–Kier alpha value is -1.09. The van der Waals surface area contributed by atoms with Crippen molar-refractivity contribution in [3.63, 3.8) is 0 Å². The molecule has 0 unspecified atom stereocenters. The van der Waals surface area contributed by atoms with E-state index >= 15 is 0 Å². The number of hydrogen-bond donors (Lipinski definition) is 0. The quantitative estimate of drug-likeness (QED) is 0.806. The fraction of sp³-hybridized carbons (Fsp3) is 0.250. The Morgan fingerprint density at radius 2 is 1.67 bits per heavy atom. The van der Waals surface area contributed by atoms with E-state index in [1.165, 1.54) is 0 Å². The van der Waals surface area contributed by atoms with E-state index in [1.54, 1.807) is 19.0 Å². The van der Waals surface area contributed by atoms with Crippen molar-refractivity contribution in [2.75, 3.05) is 14.1 Å². The van der Waals surface area contributed by atoms with Crippen molar-refractivity contribution in [2.45, 2.75) is 6.92 Å². The fourth-order valence-corrected chi connectivity index (χ4v) is 1.46. The van der Waals surface area contributed by atoms with Crippen LogP contribution in [-0.4, -0.2) is 24.9 Å². The lowest BCUT2D eigenvalue weighted by atomic mass is 10.1. The molecule has 0 saturated heterocycles. The van der Waals surface area contributed by atoms with Gasteiger partial charge in [0.15, 0.2) is 0 Å². The number of benzene rings is 1. The highest BCUT2D eigenvalue weighted by molar-refractivity contribution is 9.11. The minimum Gasteiger partial charge on any atom is -0.345 e. The molecule has 1 rings (SSSR count). The predicted octanol–water partition coefficient (Wildman–Crippen LogP) is 3.14. The van der Waals surface area contributed by atoms with Crippen molar-refractivity contribution >= 4 is 27.4 Å². The van der Waals surface area contributed by atoms with Gasteiger partial charge in [-0.15, -0.1) is 0 Å². The summed E-state index contributed by atoms with van der Waals surface area (Å²) in [6.07, 6.45) is 0. The number of carbonyl (C=O) groups is 1. The van der Waals surface area contributed by atoms with E-state index in [1.807, 2.05) is 36.2 Å². The van der Waals surface area contributed by atoms with Gasteiger partial charge in [-0.2, -0.15) is 0 Å². The number of amides is 1. The first kappa shape index (κ1) is 12.0. The molecule has 0 fully saturated rings. The van der Waals surface area contributed by atoms with Gasteiger partial charge in [0, 0.05) is 19.7 Å². The average Bonchev–Trinajstić information content (AvgIpc) is 2.27. The van der Waals surface area contributed by atoms with Gasteiger partial charge in [-0.05, 0) is 35.2 Å². The summed E-state index contributed by atoms with van der Waals surface area (Å²) >= 11 is 3.28. The smallest absolute Gasteiger partial charge is 0.253 e. The lowest BCUT2D eigenvalue weighted by Crippen LogP contribution is -2.21. The third-order valence-electron chi connectivity index (χ3n) is 2.16. The Labute approximate surface area is 98.7 Å². The number of hydrogen-bond acceptors (Lipinski definition) is 1. The van der Waals surface area contributed by atoms with Crippen LogP contribution in [0.5, 0.6) is 0 Å². The van der Waals surface area contributed by atoms with Gasteiger partial charge in [0.05, 0.1) is 0 Å². The summed E-state index contributed by atoms with van der Waals surface area (Å²) in [5, 5.41) is 0. The van der Waals surface area contributed by atoms with E-state index in [9.17, 15) is 4.79 Å². The van der Waals surface area contributed by atoms with Crippen LogP contribution in [0.2, 0.25) is 0 Å². The second-order valence-corrected chi connectivity index (χ2v) is 4.03. The molecule has 0 aliphatic carbocycles. The van der Waals surface area contributed by atoms with Gasteiger partial charge in [0.25, 0.3) is 5.91 Å². The van der Waals surface area contributed by atoms with Gasteiger partial charge >= 0.3 is 0 Å². The third kappa shape index (κ3) is 2.93. The Balaban J connectivity index is 2.95. The molecule has 0 aliphatic heterocycles. The molecule has 0 atom stereocenters. The summed E-state index contributed by atoms with van der Waals surface area (Å²) in [5.74, 6) is 0.0297. The molecule has 3 heteroatoms. The molecule has 0 saturated carbocycles. The van der Waals surface area contributed by atoms with E-state index in [0.717, 1.165) is 11.1 Å². The average molecular weight is 268 g/mol. The summed E-state index contributed by atoms with van der Waals surface area (Å²) in [6, 6.07) is 7.59. The fourth-order valence-electron chi connectivity index (χ4n) is 1.20. The van der Waals surface area contributed by atoms with Crippen LogP contribution < -0.4 is 0 Å². The van der Waals surface area contributed by atoms with Crippen LogP contribution in [0.4, 0.5) is 0 Å². The molecule has 0 spiro atoms. The van der Waals surface area contributed by atoms with Gasteiger partial charge in [0.1, 0.15) is 0 Å². The largest absolute Gasteiger partial charge is 0.345 e. The molecule has 2 nitrogen and oxygen atoms in total. The second-order valence-electron chi connectivity index (χ2n) is 3.57. The normalized spacial score (nSPS) is 11.3. The van der Waals surface area contributed by atoms with Gasteiger partial charge in [-0.3, -0.25) is 4.79 Å². The number of nitrogens with zero attached hydrogens (tertiary/aromatic N) is 1. The minimum atomic E-state index is 0.0297. The first-order valence-corrected chi connectivity index (χ1v) is 5.57.